The van der Waals surface area contributed by atoms with Gasteiger partial charge in [0.05, 0.1) is 26.7 Å². The van der Waals surface area contributed by atoms with Gasteiger partial charge in [0.2, 0.25) is 0 Å². The smallest absolute Gasteiger partial charge is 0.309 e. The van der Waals surface area contributed by atoms with Gasteiger partial charge in [-0.05, 0) is 48.1 Å². The van der Waals surface area contributed by atoms with Crippen molar-refractivity contribution in [3.63, 3.8) is 0 Å². The SMILES string of the molecule is COC(=O)Cc1cccc(COc2cc3c(cc2OC)C(=O)N2CCCC[C@H]2C(=O)C3)c1. The summed E-state index contributed by atoms with van der Waals surface area (Å²) in [6, 6.07) is 10.6. The van der Waals surface area contributed by atoms with Crippen molar-refractivity contribution in [3.8, 4) is 11.5 Å². The molecule has 1 saturated heterocycles. The summed E-state index contributed by atoms with van der Waals surface area (Å²) in [5, 5.41) is 0. The molecule has 0 unspecified atom stereocenters. The zero-order chi connectivity index (χ0) is 22.7. The number of Topliss-reactive ketones (excluding diaryl/α,β-unsaturated/α-hetero) is 1. The number of hydrogen-bond donors (Lipinski definition) is 0. The lowest BCUT2D eigenvalue weighted by molar-refractivity contribution is -0.139. The molecule has 4 rings (SSSR count). The molecule has 0 radical (unpaired) electrons. The summed E-state index contributed by atoms with van der Waals surface area (Å²) in [5.74, 6) is 0.580. The van der Waals surface area contributed by atoms with Crippen LogP contribution >= 0.6 is 0 Å². The Morgan fingerprint density at radius 2 is 1.88 bits per heavy atom. The third-order valence-electron chi connectivity index (χ3n) is 6.08. The van der Waals surface area contributed by atoms with Crippen LogP contribution in [0.15, 0.2) is 36.4 Å². The number of esters is 1. The molecule has 0 aromatic heterocycles. The van der Waals surface area contributed by atoms with Crippen molar-refractivity contribution in [1.29, 1.82) is 0 Å². The number of fused-ring (bicyclic) bond motifs is 2. The van der Waals surface area contributed by atoms with E-state index < -0.39 is 0 Å². The van der Waals surface area contributed by atoms with Crippen molar-refractivity contribution in [2.24, 2.45) is 0 Å². The van der Waals surface area contributed by atoms with Gasteiger partial charge in [0.25, 0.3) is 5.91 Å². The van der Waals surface area contributed by atoms with Crippen LogP contribution < -0.4 is 9.47 Å². The Balaban J connectivity index is 1.57. The fourth-order valence-electron chi connectivity index (χ4n) is 4.42. The first kappa shape index (κ1) is 21.9. The molecular formula is C25H27NO6. The molecule has 0 aliphatic carbocycles. The van der Waals surface area contributed by atoms with Crippen LogP contribution in [-0.2, 0) is 33.8 Å². The van der Waals surface area contributed by atoms with Gasteiger partial charge in [-0.25, -0.2) is 0 Å². The van der Waals surface area contributed by atoms with Crippen molar-refractivity contribution in [2.45, 2.75) is 44.8 Å². The van der Waals surface area contributed by atoms with Crippen LogP contribution in [0.4, 0.5) is 0 Å². The quantitative estimate of drug-likeness (QED) is 0.646. The highest BCUT2D eigenvalue weighted by Crippen LogP contribution is 2.35. The van der Waals surface area contributed by atoms with Crippen LogP contribution in [-0.4, -0.2) is 49.4 Å². The number of methoxy groups -OCH3 is 2. The van der Waals surface area contributed by atoms with E-state index in [-0.39, 0.29) is 43.2 Å². The van der Waals surface area contributed by atoms with Crippen molar-refractivity contribution in [2.75, 3.05) is 20.8 Å². The Kier molecular flexibility index (Phi) is 6.44. The third kappa shape index (κ3) is 4.47. The highest BCUT2D eigenvalue weighted by molar-refractivity contribution is 6.03. The summed E-state index contributed by atoms with van der Waals surface area (Å²) < 4.78 is 16.2. The van der Waals surface area contributed by atoms with Crippen LogP contribution in [0.2, 0.25) is 0 Å². The Morgan fingerprint density at radius 1 is 1.06 bits per heavy atom. The lowest BCUT2D eigenvalue weighted by atomic mass is 9.96. The van der Waals surface area contributed by atoms with E-state index in [4.69, 9.17) is 14.2 Å². The highest BCUT2D eigenvalue weighted by atomic mass is 16.5. The molecule has 1 fully saturated rings. The first-order chi connectivity index (χ1) is 15.5. The van der Waals surface area contributed by atoms with E-state index in [0.29, 0.717) is 29.2 Å². The number of hydrogen-bond acceptors (Lipinski definition) is 6. The van der Waals surface area contributed by atoms with Crippen LogP contribution in [0.25, 0.3) is 0 Å². The van der Waals surface area contributed by atoms with E-state index in [1.807, 2.05) is 24.3 Å². The van der Waals surface area contributed by atoms with Gasteiger partial charge in [-0.15, -0.1) is 0 Å². The number of piperidine rings is 1. The van der Waals surface area contributed by atoms with E-state index in [1.165, 1.54) is 14.2 Å². The lowest BCUT2D eigenvalue weighted by Gasteiger charge is -2.33. The molecule has 0 N–H and O–H groups in total. The summed E-state index contributed by atoms with van der Waals surface area (Å²) in [6.45, 7) is 0.859. The Morgan fingerprint density at radius 3 is 2.66 bits per heavy atom. The van der Waals surface area contributed by atoms with Gasteiger partial charge in [0.15, 0.2) is 17.3 Å². The van der Waals surface area contributed by atoms with Crippen LogP contribution in [0.1, 0.15) is 46.3 Å². The number of benzene rings is 2. The van der Waals surface area contributed by atoms with Gasteiger partial charge in [-0.1, -0.05) is 24.3 Å². The van der Waals surface area contributed by atoms with Gasteiger partial charge in [0, 0.05) is 18.5 Å². The maximum Gasteiger partial charge on any atom is 0.309 e. The molecule has 1 atom stereocenters. The maximum atomic E-state index is 13.2. The first-order valence-corrected chi connectivity index (χ1v) is 10.8. The van der Waals surface area contributed by atoms with E-state index >= 15 is 0 Å². The minimum Gasteiger partial charge on any atom is -0.493 e. The molecule has 32 heavy (non-hydrogen) atoms. The molecule has 2 aromatic rings. The molecule has 7 nitrogen and oxygen atoms in total. The molecule has 0 saturated carbocycles. The molecule has 168 valence electrons. The summed E-state index contributed by atoms with van der Waals surface area (Å²) in [5.41, 5.74) is 2.89. The van der Waals surface area contributed by atoms with Gasteiger partial charge in [-0.2, -0.15) is 0 Å². The monoisotopic (exact) mass is 437 g/mol. The highest BCUT2D eigenvalue weighted by Gasteiger charge is 2.37. The van der Waals surface area contributed by atoms with Crippen molar-refractivity contribution < 1.29 is 28.6 Å². The predicted molar refractivity (Wildman–Crippen MR) is 117 cm³/mol. The second-order valence-electron chi connectivity index (χ2n) is 8.17. The number of carbonyl (C=O) groups is 3. The molecule has 1 amide bonds. The number of rotatable bonds is 6. The van der Waals surface area contributed by atoms with Gasteiger partial charge < -0.3 is 19.1 Å². The van der Waals surface area contributed by atoms with E-state index in [1.54, 1.807) is 17.0 Å². The Hall–Kier alpha value is -3.35. The fraction of sp³-hybridized carbons (Fsp3) is 0.400. The zero-order valence-electron chi connectivity index (χ0n) is 18.4. The van der Waals surface area contributed by atoms with Crippen LogP contribution in [0.5, 0.6) is 11.5 Å². The van der Waals surface area contributed by atoms with E-state index in [2.05, 4.69) is 0 Å². The minimum absolute atomic E-state index is 0.0726. The predicted octanol–water partition coefficient (Wildman–Crippen LogP) is 3.11. The fourth-order valence-corrected chi connectivity index (χ4v) is 4.42. The van der Waals surface area contributed by atoms with Crippen LogP contribution in [0.3, 0.4) is 0 Å². The average molecular weight is 437 g/mol. The molecule has 2 aliphatic heterocycles. The van der Waals surface area contributed by atoms with E-state index in [9.17, 15) is 14.4 Å². The summed E-state index contributed by atoms with van der Waals surface area (Å²) in [4.78, 5) is 39.3. The molecule has 0 spiro atoms. The second kappa shape index (κ2) is 9.42. The number of carbonyl (C=O) groups excluding carboxylic acids is 3. The topological polar surface area (TPSA) is 82.1 Å². The second-order valence-corrected chi connectivity index (χ2v) is 8.17. The third-order valence-corrected chi connectivity index (χ3v) is 6.08. The number of ether oxygens (including phenoxy) is 3. The Bertz CT molecular complexity index is 1050. The maximum absolute atomic E-state index is 13.2. The van der Waals surface area contributed by atoms with Crippen molar-refractivity contribution >= 4 is 17.7 Å². The van der Waals surface area contributed by atoms with Crippen molar-refractivity contribution in [1.82, 2.24) is 4.90 Å². The molecule has 2 heterocycles. The van der Waals surface area contributed by atoms with Gasteiger partial charge in [-0.3, -0.25) is 14.4 Å². The van der Waals surface area contributed by atoms with E-state index in [0.717, 1.165) is 30.4 Å². The van der Waals surface area contributed by atoms with Gasteiger partial charge in [0.1, 0.15) is 6.61 Å². The first-order valence-electron chi connectivity index (χ1n) is 10.8. The average Bonchev–Trinajstić information content (AvgIpc) is 2.91. The number of ketones is 1. The summed E-state index contributed by atoms with van der Waals surface area (Å²) in [6.07, 6.45) is 2.99. The molecule has 7 heteroatoms. The van der Waals surface area contributed by atoms with Crippen LogP contribution in [0, 0.1) is 0 Å². The standard InChI is InChI=1S/C25H27NO6/c1-30-22-14-19-18(12-21(27)20-8-3-4-9-26(20)25(19)29)13-23(22)32-15-17-7-5-6-16(10-17)11-24(28)31-2/h5-7,10,13-14,20H,3-4,8-9,11-12,15H2,1-2H3/t20-/m0/s1. The normalized spacial score (nSPS) is 17.8. The van der Waals surface area contributed by atoms with Crippen molar-refractivity contribution in [3.05, 3.63) is 58.7 Å². The van der Waals surface area contributed by atoms with Gasteiger partial charge >= 0.3 is 5.97 Å². The molecule has 0 bridgehead atoms. The largest absolute Gasteiger partial charge is 0.493 e. The summed E-state index contributed by atoms with van der Waals surface area (Å²) >= 11 is 0. The summed E-state index contributed by atoms with van der Waals surface area (Å²) in [7, 11) is 2.89. The Labute approximate surface area is 187 Å². The number of amides is 1. The minimum atomic E-state index is -0.337. The number of nitrogens with zero attached hydrogens (tertiary/aromatic N) is 1. The molecular weight excluding hydrogens is 410 g/mol. The zero-order valence-corrected chi connectivity index (χ0v) is 18.4. The molecule has 2 aromatic carbocycles. The molecule has 2 aliphatic rings. The lowest BCUT2D eigenvalue weighted by Crippen LogP contribution is -2.46.